The van der Waals surface area contributed by atoms with Gasteiger partial charge in [0.15, 0.2) is 0 Å². The van der Waals surface area contributed by atoms with Gasteiger partial charge in [-0.1, -0.05) is 30.3 Å². The molecule has 2 N–H and O–H groups in total. The van der Waals surface area contributed by atoms with Crippen LogP contribution < -0.4 is 20.1 Å². The van der Waals surface area contributed by atoms with Gasteiger partial charge in [-0.3, -0.25) is 14.4 Å². The monoisotopic (exact) mass is 515 g/mol. The second-order valence-corrected chi connectivity index (χ2v) is 9.21. The van der Waals surface area contributed by atoms with Gasteiger partial charge in [0.25, 0.3) is 0 Å². The van der Waals surface area contributed by atoms with Crippen molar-refractivity contribution in [3.05, 3.63) is 84.4 Å². The molecule has 0 aliphatic carbocycles. The summed E-state index contributed by atoms with van der Waals surface area (Å²) in [5.41, 5.74) is 1.64. The number of likely N-dealkylation sites (tertiary alicyclic amines) is 1. The lowest BCUT2D eigenvalue weighted by Gasteiger charge is -2.31. The molecule has 0 spiro atoms. The van der Waals surface area contributed by atoms with Crippen molar-refractivity contribution in [3.8, 4) is 17.2 Å². The van der Waals surface area contributed by atoms with Crippen molar-refractivity contribution in [2.24, 2.45) is 5.92 Å². The average molecular weight is 516 g/mol. The van der Waals surface area contributed by atoms with Crippen molar-refractivity contribution in [3.63, 3.8) is 0 Å². The standard InChI is InChI=1S/C30H33N3O5/c1-37-25-11-7-22(8-12-25)21-31-30(36)23-17-19-33(20-18-23)29(35)16-15-28(34)32-24-9-13-27(14-10-24)38-26-5-3-2-4-6-26/h2-14,23H,15-21H2,1H3,(H,31,36)(H,32,34). The van der Waals surface area contributed by atoms with E-state index in [2.05, 4.69) is 10.6 Å². The van der Waals surface area contributed by atoms with Crippen LogP contribution in [0.25, 0.3) is 0 Å². The smallest absolute Gasteiger partial charge is 0.224 e. The molecule has 0 unspecified atom stereocenters. The van der Waals surface area contributed by atoms with Gasteiger partial charge < -0.3 is 25.0 Å². The first-order valence-corrected chi connectivity index (χ1v) is 12.8. The van der Waals surface area contributed by atoms with Gasteiger partial charge in [0.2, 0.25) is 17.7 Å². The second kappa shape index (κ2) is 13.3. The Bertz CT molecular complexity index is 1200. The molecule has 8 nitrogen and oxygen atoms in total. The molecular formula is C30H33N3O5. The molecule has 1 fully saturated rings. The van der Waals surface area contributed by atoms with Gasteiger partial charge >= 0.3 is 0 Å². The second-order valence-electron chi connectivity index (χ2n) is 9.21. The van der Waals surface area contributed by atoms with Crippen LogP contribution >= 0.6 is 0 Å². The fourth-order valence-corrected chi connectivity index (χ4v) is 4.30. The van der Waals surface area contributed by atoms with E-state index in [0.29, 0.717) is 43.9 Å². The van der Waals surface area contributed by atoms with E-state index in [1.807, 2.05) is 54.6 Å². The molecule has 3 aromatic rings. The van der Waals surface area contributed by atoms with E-state index in [4.69, 9.17) is 9.47 Å². The number of para-hydroxylation sites is 1. The number of ether oxygens (including phenoxy) is 2. The third-order valence-electron chi connectivity index (χ3n) is 6.53. The van der Waals surface area contributed by atoms with Gasteiger partial charge in [0, 0.05) is 44.1 Å². The molecule has 1 saturated heterocycles. The van der Waals surface area contributed by atoms with Gasteiger partial charge in [-0.25, -0.2) is 0 Å². The summed E-state index contributed by atoms with van der Waals surface area (Å²) in [6.45, 7) is 1.49. The number of amides is 3. The van der Waals surface area contributed by atoms with Crippen molar-refractivity contribution in [2.45, 2.75) is 32.2 Å². The van der Waals surface area contributed by atoms with Gasteiger partial charge in [0.1, 0.15) is 17.2 Å². The number of hydrogen-bond acceptors (Lipinski definition) is 5. The molecule has 0 bridgehead atoms. The average Bonchev–Trinajstić information content (AvgIpc) is 2.96. The highest BCUT2D eigenvalue weighted by Gasteiger charge is 2.27. The summed E-state index contributed by atoms with van der Waals surface area (Å²) in [6, 6.07) is 24.1. The molecule has 0 atom stereocenters. The Morgan fingerprint density at radius 1 is 0.816 bits per heavy atom. The Morgan fingerprint density at radius 3 is 2.11 bits per heavy atom. The number of methoxy groups -OCH3 is 1. The first-order chi connectivity index (χ1) is 18.5. The number of nitrogens with one attached hydrogen (secondary N) is 2. The third kappa shape index (κ3) is 7.83. The van der Waals surface area contributed by atoms with Crippen LogP contribution in [0, 0.1) is 5.92 Å². The molecule has 0 saturated carbocycles. The summed E-state index contributed by atoms with van der Waals surface area (Å²) < 4.78 is 10.9. The zero-order chi connectivity index (χ0) is 26.7. The number of carbonyl (C=O) groups is 3. The predicted octanol–water partition coefficient (Wildman–Crippen LogP) is 4.76. The summed E-state index contributed by atoms with van der Waals surface area (Å²) in [6.07, 6.45) is 1.46. The zero-order valence-electron chi connectivity index (χ0n) is 21.5. The quantitative estimate of drug-likeness (QED) is 0.406. The molecule has 0 radical (unpaired) electrons. The molecule has 8 heteroatoms. The Balaban J connectivity index is 1.13. The van der Waals surface area contributed by atoms with Crippen LogP contribution in [-0.4, -0.2) is 42.8 Å². The van der Waals surface area contributed by atoms with E-state index >= 15 is 0 Å². The van der Waals surface area contributed by atoms with Crippen LogP contribution in [0.15, 0.2) is 78.9 Å². The van der Waals surface area contributed by atoms with E-state index in [0.717, 1.165) is 17.1 Å². The number of anilines is 1. The van der Waals surface area contributed by atoms with Gasteiger partial charge in [-0.2, -0.15) is 0 Å². The number of hydrogen-bond donors (Lipinski definition) is 2. The number of carbonyl (C=O) groups excluding carboxylic acids is 3. The molecule has 38 heavy (non-hydrogen) atoms. The van der Waals surface area contributed by atoms with E-state index in [-0.39, 0.29) is 36.5 Å². The molecule has 4 rings (SSSR count). The van der Waals surface area contributed by atoms with Crippen molar-refractivity contribution in [1.29, 1.82) is 0 Å². The maximum absolute atomic E-state index is 12.6. The Hall–Kier alpha value is -4.33. The highest BCUT2D eigenvalue weighted by Crippen LogP contribution is 2.23. The molecule has 1 heterocycles. The molecule has 0 aromatic heterocycles. The van der Waals surface area contributed by atoms with Crippen LogP contribution in [0.5, 0.6) is 17.2 Å². The first kappa shape index (κ1) is 26.7. The van der Waals surface area contributed by atoms with Crippen LogP contribution in [0.4, 0.5) is 5.69 Å². The maximum Gasteiger partial charge on any atom is 0.224 e. The summed E-state index contributed by atoms with van der Waals surface area (Å²) in [7, 11) is 1.62. The summed E-state index contributed by atoms with van der Waals surface area (Å²) in [4.78, 5) is 39.3. The highest BCUT2D eigenvalue weighted by molar-refractivity contribution is 5.93. The fourth-order valence-electron chi connectivity index (χ4n) is 4.30. The van der Waals surface area contributed by atoms with E-state index in [9.17, 15) is 14.4 Å². The number of benzene rings is 3. The fraction of sp³-hybridized carbons (Fsp3) is 0.300. The Labute approximate surface area is 222 Å². The van der Waals surface area contributed by atoms with E-state index in [1.165, 1.54) is 0 Å². The minimum Gasteiger partial charge on any atom is -0.497 e. The summed E-state index contributed by atoms with van der Waals surface area (Å²) in [5, 5.41) is 5.81. The molecular weight excluding hydrogens is 482 g/mol. The maximum atomic E-state index is 12.6. The Kier molecular flexibility index (Phi) is 9.34. The minimum atomic E-state index is -0.220. The lowest BCUT2D eigenvalue weighted by atomic mass is 9.95. The van der Waals surface area contributed by atoms with Gasteiger partial charge in [-0.05, 0) is 66.9 Å². The topological polar surface area (TPSA) is 97.0 Å². The highest BCUT2D eigenvalue weighted by atomic mass is 16.5. The first-order valence-electron chi connectivity index (χ1n) is 12.8. The Morgan fingerprint density at radius 2 is 1.45 bits per heavy atom. The number of rotatable bonds is 10. The summed E-state index contributed by atoms with van der Waals surface area (Å²) in [5.74, 6) is 1.79. The van der Waals surface area contributed by atoms with Crippen LogP contribution in [0.1, 0.15) is 31.2 Å². The van der Waals surface area contributed by atoms with Gasteiger partial charge in [-0.15, -0.1) is 0 Å². The normalized spacial score (nSPS) is 13.4. The van der Waals surface area contributed by atoms with Gasteiger partial charge in [0.05, 0.1) is 7.11 Å². The lowest BCUT2D eigenvalue weighted by molar-refractivity contribution is -0.136. The van der Waals surface area contributed by atoms with Crippen molar-refractivity contribution < 1.29 is 23.9 Å². The minimum absolute atomic E-state index is 0.00693. The number of nitrogens with zero attached hydrogens (tertiary/aromatic N) is 1. The lowest BCUT2D eigenvalue weighted by Crippen LogP contribution is -2.43. The molecule has 3 amide bonds. The molecule has 1 aliphatic heterocycles. The summed E-state index contributed by atoms with van der Waals surface area (Å²) >= 11 is 0. The van der Waals surface area contributed by atoms with Crippen LogP contribution in [-0.2, 0) is 20.9 Å². The van der Waals surface area contributed by atoms with Crippen molar-refractivity contribution in [1.82, 2.24) is 10.2 Å². The van der Waals surface area contributed by atoms with Crippen LogP contribution in [0.3, 0.4) is 0 Å². The molecule has 198 valence electrons. The largest absolute Gasteiger partial charge is 0.497 e. The molecule has 1 aliphatic rings. The SMILES string of the molecule is COc1ccc(CNC(=O)C2CCN(C(=O)CCC(=O)Nc3ccc(Oc4ccccc4)cc3)CC2)cc1. The third-order valence-corrected chi connectivity index (χ3v) is 6.53. The van der Waals surface area contributed by atoms with Crippen molar-refractivity contribution >= 4 is 23.4 Å². The van der Waals surface area contributed by atoms with Crippen molar-refractivity contribution in [2.75, 3.05) is 25.5 Å². The zero-order valence-corrected chi connectivity index (χ0v) is 21.5. The number of piperidine rings is 1. The van der Waals surface area contributed by atoms with E-state index in [1.54, 1.807) is 36.3 Å². The van der Waals surface area contributed by atoms with E-state index < -0.39 is 0 Å². The molecule has 3 aromatic carbocycles. The van der Waals surface area contributed by atoms with Crippen LogP contribution in [0.2, 0.25) is 0 Å². The predicted molar refractivity (Wildman–Crippen MR) is 145 cm³/mol.